The Kier molecular flexibility index (Phi) is 3.21. The van der Waals surface area contributed by atoms with E-state index in [2.05, 4.69) is 32.4 Å². The zero-order valence-corrected chi connectivity index (χ0v) is 11.6. The summed E-state index contributed by atoms with van der Waals surface area (Å²) in [5, 5.41) is 21.3. The number of nitrogens with two attached hydrogens (primary N) is 1. The van der Waals surface area contributed by atoms with E-state index in [-0.39, 0.29) is 5.95 Å². The molecule has 2 unspecified atom stereocenters. The normalized spacial score (nSPS) is 26.8. The molecule has 0 amide bonds. The van der Waals surface area contributed by atoms with Gasteiger partial charge in [0.05, 0.1) is 17.2 Å². The Hall–Kier alpha value is -1.89. The highest BCUT2D eigenvalue weighted by Gasteiger charge is 2.32. The minimum Gasteiger partial charge on any atom is -0.388 e. The smallest absolute Gasteiger partial charge is 0.224 e. The van der Waals surface area contributed by atoms with Crippen LogP contribution >= 0.6 is 0 Å². The molecule has 2 aromatic rings. The molecule has 5 N–H and O–H groups in total. The van der Waals surface area contributed by atoms with E-state index in [1.165, 1.54) is 6.42 Å². The number of rotatable bonds is 3. The fourth-order valence-corrected chi connectivity index (χ4v) is 3.03. The van der Waals surface area contributed by atoms with Crippen molar-refractivity contribution in [1.29, 1.82) is 0 Å². The number of nitrogens with zero attached hydrogens (tertiary/aromatic N) is 3. The molecule has 7 nitrogen and oxygen atoms in total. The van der Waals surface area contributed by atoms with Crippen molar-refractivity contribution >= 4 is 22.8 Å². The molecule has 3 rings (SSSR count). The maximum atomic E-state index is 10.6. The molecule has 2 atom stereocenters. The monoisotopic (exact) mass is 276 g/mol. The molecular formula is C13H20N6O. The van der Waals surface area contributed by atoms with E-state index in [4.69, 9.17) is 5.73 Å². The Morgan fingerprint density at radius 2 is 2.40 bits per heavy atom. The lowest BCUT2D eigenvalue weighted by molar-refractivity contribution is -0.000801. The van der Waals surface area contributed by atoms with E-state index in [9.17, 15) is 5.11 Å². The second kappa shape index (κ2) is 4.90. The Morgan fingerprint density at radius 1 is 1.55 bits per heavy atom. The molecule has 1 saturated carbocycles. The SMILES string of the molecule is CC1CCCC(O)(CNc2nc(N)nc3[nH]ncc23)C1. The number of nitrogen functional groups attached to an aromatic ring is 1. The van der Waals surface area contributed by atoms with Crippen molar-refractivity contribution in [2.24, 2.45) is 5.92 Å². The molecule has 2 heterocycles. The van der Waals surface area contributed by atoms with Gasteiger partial charge in [-0.15, -0.1) is 0 Å². The number of hydrogen-bond donors (Lipinski definition) is 4. The van der Waals surface area contributed by atoms with Crippen LogP contribution in [-0.4, -0.2) is 37.4 Å². The molecule has 7 heteroatoms. The summed E-state index contributed by atoms with van der Waals surface area (Å²) < 4.78 is 0. The predicted molar refractivity (Wildman–Crippen MR) is 77.2 cm³/mol. The summed E-state index contributed by atoms with van der Waals surface area (Å²) >= 11 is 0. The topological polar surface area (TPSA) is 113 Å². The summed E-state index contributed by atoms with van der Waals surface area (Å²) in [6, 6.07) is 0. The second-order valence-electron chi connectivity index (χ2n) is 5.84. The summed E-state index contributed by atoms with van der Waals surface area (Å²) in [6.07, 6.45) is 5.54. The number of H-pyrrole nitrogens is 1. The van der Waals surface area contributed by atoms with Gasteiger partial charge in [-0.05, 0) is 18.8 Å². The third-order valence-electron chi connectivity index (χ3n) is 3.98. The molecule has 1 aliphatic rings. The summed E-state index contributed by atoms with van der Waals surface area (Å²) in [7, 11) is 0. The van der Waals surface area contributed by atoms with Gasteiger partial charge in [0.2, 0.25) is 5.95 Å². The van der Waals surface area contributed by atoms with Crippen molar-refractivity contribution in [3.05, 3.63) is 6.20 Å². The first-order valence-corrected chi connectivity index (χ1v) is 6.99. The van der Waals surface area contributed by atoms with Crippen LogP contribution in [0.4, 0.5) is 11.8 Å². The lowest BCUT2D eigenvalue weighted by Gasteiger charge is -2.35. The highest BCUT2D eigenvalue weighted by molar-refractivity contribution is 5.86. The molecule has 1 aliphatic carbocycles. The molecule has 1 fully saturated rings. The molecular weight excluding hydrogens is 256 g/mol. The molecule has 0 bridgehead atoms. The van der Waals surface area contributed by atoms with E-state index >= 15 is 0 Å². The first kappa shape index (κ1) is 13.1. The number of aromatic nitrogens is 4. The van der Waals surface area contributed by atoms with Gasteiger partial charge in [-0.2, -0.15) is 15.1 Å². The number of anilines is 2. The van der Waals surface area contributed by atoms with Crippen molar-refractivity contribution in [3.63, 3.8) is 0 Å². The van der Waals surface area contributed by atoms with E-state index in [0.29, 0.717) is 23.9 Å². The number of fused-ring (bicyclic) bond motifs is 1. The third-order valence-corrected chi connectivity index (χ3v) is 3.98. The van der Waals surface area contributed by atoms with Gasteiger partial charge in [0, 0.05) is 6.54 Å². The van der Waals surface area contributed by atoms with Crippen molar-refractivity contribution < 1.29 is 5.11 Å². The summed E-state index contributed by atoms with van der Waals surface area (Å²) in [6.45, 7) is 2.65. The highest BCUT2D eigenvalue weighted by Crippen LogP contribution is 2.32. The van der Waals surface area contributed by atoms with Crippen LogP contribution in [0.3, 0.4) is 0 Å². The molecule has 20 heavy (non-hydrogen) atoms. The van der Waals surface area contributed by atoms with Gasteiger partial charge in [-0.25, -0.2) is 0 Å². The Morgan fingerprint density at radius 3 is 3.20 bits per heavy atom. The van der Waals surface area contributed by atoms with E-state index in [1.807, 2.05) is 0 Å². The van der Waals surface area contributed by atoms with Crippen LogP contribution in [-0.2, 0) is 0 Å². The van der Waals surface area contributed by atoms with Gasteiger partial charge < -0.3 is 16.2 Å². The second-order valence-corrected chi connectivity index (χ2v) is 5.84. The van der Waals surface area contributed by atoms with Gasteiger partial charge in [0.1, 0.15) is 5.82 Å². The molecule has 0 radical (unpaired) electrons. The predicted octanol–water partition coefficient (Wildman–Crippen LogP) is 1.29. The molecule has 2 aromatic heterocycles. The summed E-state index contributed by atoms with van der Waals surface area (Å²) in [4.78, 5) is 8.26. The van der Waals surface area contributed by atoms with Crippen LogP contribution in [0.5, 0.6) is 0 Å². The van der Waals surface area contributed by atoms with Crippen LogP contribution < -0.4 is 11.1 Å². The van der Waals surface area contributed by atoms with Crippen LogP contribution in [0.15, 0.2) is 6.20 Å². The maximum absolute atomic E-state index is 10.6. The van der Waals surface area contributed by atoms with Gasteiger partial charge in [0.25, 0.3) is 0 Å². The van der Waals surface area contributed by atoms with Gasteiger partial charge >= 0.3 is 0 Å². The minimum absolute atomic E-state index is 0.188. The number of hydrogen-bond acceptors (Lipinski definition) is 6. The van der Waals surface area contributed by atoms with E-state index < -0.39 is 5.60 Å². The zero-order chi connectivity index (χ0) is 14.2. The third kappa shape index (κ3) is 2.53. The van der Waals surface area contributed by atoms with Crippen molar-refractivity contribution in [3.8, 4) is 0 Å². The molecule has 0 aliphatic heterocycles. The van der Waals surface area contributed by atoms with E-state index in [1.54, 1.807) is 6.20 Å². The largest absolute Gasteiger partial charge is 0.388 e. The maximum Gasteiger partial charge on any atom is 0.224 e. The number of aromatic amines is 1. The summed E-state index contributed by atoms with van der Waals surface area (Å²) in [5.74, 6) is 1.36. The van der Waals surface area contributed by atoms with Gasteiger partial charge in [0.15, 0.2) is 5.65 Å². The van der Waals surface area contributed by atoms with Crippen LogP contribution in [0, 0.1) is 5.92 Å². The van der Waals surface area contributed by atoms with Crippen LogP contribution in [0.25, 0.3) is 11.0 Å². The Labute approximate surface area is 117 Å². The fourth-order valence-electron chi connectivity index (χ4n) is 3.03. The zero-order valence-electron chi connectivity index (χ0n) is 11.6. The Bertz CT molecular complexity index is 612. The molecule has 0 spiro atoms. The van der Waals surface area contributed by atoms with Gasteiger partial charge in [-0.1, -0.05) is 19.8 Å². The Balaban J connectivity index is 1.78. The van der Waals surface area contributed by atoms with Crippen molar-refractivity contribution in [2.75, 3.05) is 17.6 Å². The number of aliphatic hydroxyl groups is 1. The average molecular weight is 276 g/mol. The lowest BCUT2D eigenvalue weighted by Crippen LogP contribution is -2.41. The molecule has 108 valence electrons. The van der Waals surface area contributed by atoms with Gasteiger partial charge in [-0.3, -0.25) is 5.10 Å². The molecule has 0 saturated heterocycles. The quantitative estimate of drug-likeness (QED) is 0.672. The van der Waals surface area contributed by atoms with Crippen LogP contribution in [0.1, 0.15) is 32.6 Å². The van der Waals surface area contributed by atoms with Crippen molar-refractivity contribution in [1.82, 2.24) is 20.2 Å². The molecule has 0 aromatic carbocycles. The summed E-state index contributed by atoms with van der Waals surface area (Å²) in [5.41, 5.74) is 5.60. The lowest BCUT2D eigenvalue weighted by atomic mass is 9.79. The number of nitrogens with one attached hydrogen (secondary N) is 2. The van der Waals surface area contributed by atoms with E-state index in [0.717, 1.165) is 24.6 Å². The standard InChI is InChI=1S/C13H20N6O/c1-8-3-2-4-13(20,5-8)7-15-10-9-6-16-19-11(9)18-12(14)17-10/h6,8,20H,2-5,7H2,1H3,(H4,14,15,16,17,18,19). The average Bonchev–Trinajstić information content (AvgIpc) is 2.83. The first-order chi connectivity index (χ1) is 9.56. The minimum atomic E-state index is -0.673. The van der Waals surface area contributed by atoms with Crippen LogP contribution in [0.2, 0.25) is 0 Å². The van der Waals surface area contributed by atoms with Crippen molar-refractivity contribution in [2.45, 2.75) is 38.2 Å². The highest BCUT2D eigenvalue weighted by atomic mass is 16.3. The fraction of sp³-hybridized carbons (Fsp3) is 0.615. The first-order valence-electron chi connectivity index (χ1n) is 6.99.